The molecule has 0 spiro atoms. The fourth-order valence-electron chi connectivity index (χ4n) is 8.12. The van der Waals surface area contributed by atoms with Crippen molar-refractivity contribution in [3.05, 3.63) is 200 Å². The third-order valence-corrected chi connectivity index (χ3v) is 12.0. The van der Waals surface area contributed by atoms with Crippen LogP contribution in [0.3, 0.4) is 0 Å². The molecule has 9 aromatic carbocycles. The second kappa shape index (κ2) is 12.9. The summed E-state index contributed by atoms with van der Waals surface area (Å²) in [5, 5.41) is 7.33. The summed E-state index contributed by atoms with van der Waals surface area (Å²) in [5.41, 5.74) is 12.2. The van der Waals surface area contributed by atoms with Crippen molar-refractivity contribution in [1.82, 2.24) is 0 Å². The molecule has 0 radical (unpaired) electrons. The van der Waals surface area contributed by atoms with Crippen LogP contribution in [0.1, 0.15) is 0 Å². The number of benzene rings is 9. The van der Waals surface area contributed by atoms with Gasteiger partial charge in [0.25, 0.3) is 0 Å². The van der Waals surface area contributed by atoms with Crippen LogP contribution in [0.25, 0.3) is 86.3 Å². The lowest BCUT2D eigenvalue weighted by Crippen LogP contribution is -2.11. The Balaban J connectivity index is 1.11. The van der Waals surface area contributed by atoms with Gasteiger partial charge in [-0.05, 0) is 99.3 Å². The van der Waals surface area contributed by atoms with Gasteiger partial charge in [-0.2, -0.15) is 0 Å². The largest absolute Gasteiger partial charge is 0.456 e. The highest BCUT2D eigenvalue weighted by molar-refractivity contribution is 7.25. The summed E-state index contributed by atoms with van der Waals surface area (Å²) in [5.74, 6) is 0. The molecule has 0 N–H and O–H groups in total. The zero-order chi connectivity index (χ0) is 36.3. The van der Waals surface area contributed by atoms with Gasteiger partial charge in [-0.15, -0.1) is 11.3 Å². The molecule has 11 aromatic rings. The number of anilines is 3. The fraction of sp³-hybridized carbons (Fsp3) is 0. The summed E-state index contributed by atoms with van der Waals surface area (Å²) in [7, 11) is 0. The highest BCUT2D eigenvalue weighted by Gasteiger charge is 2.20. The van der Waals surface area contributed by atoms with Crippen molar-refractivity contribution in [1.29, 1.82) is 0 Å². The molecule has 0 unspecified atom stereocenters. The lowest BCUT2D eigenvalue weighted by molar-refractivity contribution is 0.669. The molecule has 0 atom stereocenters. The lowest BCUT2D eigenvalue weighted by atomic mass is 9.95. The molecule has 0 bridgehead atoms. The molecule has 0 fully saturated rings. The molecule has 11 rings (SSSR count). The zero-order valence-electron chi connectivity index (χ0n) is 29.8. The van der Waals surface area contributed by atoms with Crippen LogP contribution in [0.4, 0.5) is 17.1 Å². The van der Waals surface area contributed by atoms with Crippen LogP contribution < -0.4 is 4.90 Å². The molecule has 55 heavy (non-hydrogen) atoms. The number of nitrogens with zero attached hydrogens (tertiary/aromatic N) is 1. The van der Waals surface area contributed by atoms with E-state index in [2.05, 4.69) is 193 Å². The van der Waals surface area contributed by atoms with Crippen LogP contribution in [0.5, 0.6) is 0 Å². The number of fused-ring (bicyclic) bond motifs is 7. The minimum Gasteiger partial charge on any atom is -0.456 e. The summed E-state index contributed by atoms with van der Waals surface area (Å²) < 4.78 is 8.72. The van der Waals surface area contributed by atoms with Gasteiger partial charge in [-0.3, -0.25) is 0 Å². The van der Waals surface area contributed by atoms with Crippen molar-refractivity contribution >= 4 is 81.3 Å². The maximum Gasteiger partial charge on any atom is 0.135 e. The zero-order valence-corrected chi connectivity index (χ0v) is 30.6. The van der Waals surface area contributed by atoms with E-state index in [0.29, 0.717) is 0 Å². The van der Waals surface area contributed by atoms with Gasteiger partial charge in [0.2, 0.25) is 0 Å². The van der Waals surface area contributed by atoms with Crippen molar-refractivity contribution < 1.29 is 4.42 Å². The topological polar surface area (TPSA) is 16.4 Å². The molecule has 2 aromatic heterocycles. The number of thiophene rings is 1. The van der Waals surface area contributed by atoms with Crippen LogP contribution >= 0.6 is 11.3 Å². The van der Waals surface area contributed by atoms with Gasteiger partial charge in [0.05, 0.1) is 5.69 Å². The Morgan fingerprint density at radius 3 is 1.87 bits per heavy atom. The quantitative estimate of drug-likeness (QED) is 0.170. The Labute approximate surface area is 322 Å². The smallest absolute Gasteiger partial charge is 0.135 e. The van der Waals surface area contributed by atoms with E-state index >= 15 is 0 Å². The number of hydrogen-bond acceptors (Lipinski definition) is 3. The second-order valence-corrected chi connectivity index (χ2v) is 15.2. The van der Waals surface area contributed by atoms with Crippen molar-refractivity contribution in [3.63, 3.8) is 0 Å². The van der Waals surface area contributed by atoms with E-state index in [-0.39, 0.29) is 0 Å². The Morgan fingerprint density at radius 2 is 0.982 bits per heavy atom. The molecule has 0 aliphatic carbocycles. The van der Waals surface area contributed by atoms with Crippen LogP contribution in [-0.4, -0.2) is 0 Å². The first-order valence-corrected chi connectivity index (χ1v) is 19.5. The maximum absolute atomic E-state index is 6.15. The number of furan rings is 1. The maximum atomic E-state index is 6.15. The highest BCUT2D eigenvalue weighted by Crippen LogP contribution is 2.46. The molecular formula is C52H33NOS. The van der Waals surface area contributed by atoms with E-state index in [1.807, 2.05) is 23.5 Å². The van der Waals surface area contributed by atoms with E-state index < -0.39 is 0 Å². The Hall–Kier alpha value is -6.94. The van der Waals surface area contributed by atoms with Crippen molar-refractivity contribution in [2.45, 2.75) is 0 Å². The van der Waals surface area contributed by atoms with E-state index in [1.165, 1.54) is 53.2 Å². The molecule has 0 saturated carbocycles. The van der Waals surface area contributed by atoms with E-state index in [0.717, 1.165) is 50.1 Å². The third-order valence-electron chi connectivity index (χ3n) is 10.9. The first-order chi connectivity index (χ1) is 27.2. The minimum atomic E-state index is 0.907. The monoisotopic (exact) mass is 719 g/mol. The average Bonchev–Trinajstić information content (AvgIpc) is 3.82. The molecular weight excluding hydrogens is 687 g/mol. The molecule has 0 aliphatic heterocycles. The third kappa shape index (κ3) is 5.48. The van der Waals surface area contributed by atoms with Gasteiger partial charge in [0.15, 0.2) is 0 Å². The molecule has 3 heteroatoms. The van der Waals surface area contributed by atoms with Crippen LogP contribution in [-0.2, 0) is 0 Å². The van der Waals surface area contributed by atoms with Gasteiger partial charge < -0.3 is 9.32 Å². The SMILES string of the molecule is c1ccc(-c2ccc(-c3ccc4ccccc4c3)cc2N(c2ccc(-c3ccc4oc5ccccc5c4c3)cc2)c2ccc3c(c2)sc2ccccc23)cc1. The van der Waals surface area contributed by atoms with Crippen LogP contribution in [0, 0.1) is 0 Å². The Kier molecular flexibility index (Phi) is 7.39. The number of para-hydroxylation sites is 1. The van der Waals surface area contributed by atoms with Crippen LogP contribution in [0.2, 0.25) is 0 Å². The Morgan fingerprint density at radius 1 is 0.345 bits per heavy atom. The molecule has 0 saturated heterocycles. The van der Waals surface area contributed by atoms with E-state index in [9.17, 15) is 0 Å². The molecule has 2 nitrogen and oxygen atoms in total. The first kappa shape index (κ1) is 31.6. The fourth-order valence-corrected chi connectivity index (χ4v) is 9.26. The first-order valence-electron chi connectivity index (χ1n) is 18.7. The minimum absolute atomic E-state index is 0.907. The normalized spacial score (nSPS) is 11.6. The predicted octanol–water partition coefficient (Wildman–Crippen LogP) is 15.6. The summed E-state index contributed by atoms with van der Waals surface area (Å²) in [6, 6.07) is 72.5. The van der Waals surface area contributed by atoms with Gasteiger partial charge in [0, 0.05) is 47.9 Å². The second-order valence-electron chi connectivity index (χ2n) is 14.1. The standard InChI is InChI=1S/C52H33NOS/c1-2-11-36(12-3-1)43-27-22-40(38-19-18-34-10-4-5-13-37(34)30-38)32-48(43)53(42-26-28-46-45-15-7-9-17-51(45)55-52(46)33-42)41-24-20-35(21-25-41)39-23-29-50-47(31-39)44-14-6-8-16-49(44)54-50/h1-33H. The summed E-state index contributed by atoms with van der Waals surface area (Å²) in [6.45, 7) is 0. The summed E-state index contributed by atoms with van der Waals surface area (Å²) >= 11 is 1.85. The van der Waals surface area contributed by atoms with Gasteiger partial charge in [-0.1, -0.05) is 140 Å². The number of hydrogen-bond donors (Lipinski definition) is 0. The van der Waals surface area contributed by atoms with Gasteiger partial charge in [0.1, 0.15) is 11.2 Å². The molecule has 0 aliphatic rings. The van der Waals surface area contributed by atoms with Crippen molar-refractivity contribution in [2.75, 3.05) is 4.90 Å². The Bertz CT molecular complexity index is 3210. The van der Waals surface area contributed by atoms with E-state index in [1.54, 1.807) is 0 Å². The summed E-state index contributed by atoms with van der Waals surface area (Å²) in [6.07, 6.45) is 0. The summed E-state index contributed by atoms with van der Waals surface area (Å²) in [4.78, 5) is 2.44. The number of rotatable bonds is 6. The van der Waals surface area contributed by atoms with Crippen molar-refractivity contribution in [3.8, 4) is 33.4 Å². The molecule has 0 amide bonds. The van der Waals surface area contributed by atoms with Crippen molar-refractivity contribution in [2.24, 2.45) is 0 Å². The van der Waals surface area contributed by atoms with Gasteiger partial charge >= 0.3 is 0 Å². The van der Waals surface area contributed by atoms with Gasteiger partial charge in [-0.25, -0.2) is 0 Å². The highest BCUT2D eigenvalue weighted by atomic mass is 32.1. The molecule has 258 valence electrons. The predicted molar refractivity (Wildman–Crippen MR) is 235 cm³/mol. The average molecular weight is 720 g/mol. The lowest BCUT2D eigenvalue weighted by Gasteiger charge is -2.29. The molecule has 2 heterocycles. The van der Waals surface area contributed by atoms with E-state index in [4.69, 9.17) is 4.42 Å². The van der Waals surface area contributed by atoms with Crippen LogP contribution in [0.15, 0.2) is 205 Å².